The van der Waals surface area contributed by atoms with Crippen LogP contribution in [-0.4, -0.2) is 12.0 Å². The summed E-state index contributed by atoms with van der Waals surface area (Å²) < 4.78 is 42.0. The van der Waals surface area contributed by atoms with E-state index in [0.717, 1.165) is 0 Å². The van der Waals surface area contributed by atoms with Crippen molar-refractivity contribution in [3.63, 3.8) is 0 Å². The molecule has 0 saturated heterocycles. The molecule has 0 fully saturated rings. The molecule has 0 heterocycles. The van der Waals surface area contributed by atoms with Crippen LogP contribution in [0.1, 0.15) is 27.9 Å². The van der Waals surface area contributed by atoms with Gasteiger partial charge in [0.05, 0.1) is 0 Å². The normalized spacial score (nSPS) is 11.1. The monoisotopic (exact) mass is 366 g/mol. The molecule has 0 unspecified atom stereocenters. The zero-order valence-corrected chi connectivity index (χ0v) is 14.4. The van der Waals surface area contributed by atoms with Crippen molar-refractivity contribution in [1.29, 1.82) is 0 Å². The number of halogens is 3. The van der Waals surface area contributed by atoms with Gasteiger partial charge in [-0.05, 0) is 16.7 Å². The molecule has 27 heavy (non-hydrogen) atoms. The fourth-order valence-electron chi connectivity index (χ4n) is 2.94. The Morgan fingerprint density at radius 2 is 1.00 bits per heavy atom. The van der Waals surface area contributed by atoms with E-state index in [9.17, 15) is 18.0 Å². The van der Waals surface area contributed by atoms with Crippen molar-refractivity contribution in [2.45, 2.75) is 12.6 Å². The number of allylic oxidation sites excluding steroid dienone is 1. The van der Waals surface area contributed by atoms with Crippen LogP contribution in [0.5, 0.6) is 0 Å². The van der Waals surface area contributed by atoms with Crippen molar-refractivity contribution in [1.82, 2.24) is 0 Å². The standard InChI is InChI=1S/C23H17F3O/c24-23(25,26)20(16-21(27)17-10-4-1-5-11-17)22(18-12-6-2-7-13-18)19-14-8-3-9-15-19/h1-15H,16H2. The predicted octanol–water partition coefficient (Wildman–Crippen LogP) is 6.32. The third-order valence-electron chi connectivity index (χ3n) is 4.20. The number of carbonyl (C=O) groups is 1. The number of Topliss-reactive ketones (excluding diaryl/α,β-unsaturated/α-hetero) is 1. The van der Waals surface area contributed by atoms with Crippen molar-refractivity contribution in [3.05, 3.63) is 113 Å². The molecule has 136 valence electrons. The highest BCUT2D eigenvalue weighted by atomic mass is 19.4. The number of ketones is 1. The molecule has 3 rings (SSSR count). The second-order valence-electron chi connectivity index (χ2n) is 6.05. The first-order chi connectivity index (χ1) is 13.0. The van der Waals surface area contributed by atoms with Crippen LogP contribution in [0.3, 0.4) is 0 Å². The second-order valence-corrected chi connectivity index (χ2v) is 6.05. The summed E-state index contributed by atoms with van der Waals surface area (Å²) in [6, 6.07) is 24.8. The van der Waals surface area contributed by atoms with Gasteiger partial charge in [0.1, 0.15) is 0 Å². The third-order valence-corrected chi connectivity index (χ3v) is 4.20. The van der Waals surface area contributed by atoms with Gasteiger partial charge in [0, 0.05) is 17.6 Å². The summed E-state index contributed by atoms with van der Waals surface area (Å²) in [5.41, 5.74) is 0.315. The van der Waals surface area contributed by atoms with Crippen molar-refractivity contribution in [2.75, 3.05) is 0 Å². The molecule has 0 spiro atoms. The van der Waals surface area contributed by atoms with Gasteiger partial charge < -0.3 is 0 Å². The molecule has 0 radical (unpaired) electrons. The fraction of sp³-hybridized carbons (Fsp3) is 0.0870. The lowest BCUT2D eigenvalue weighted by Crippen LogP contribution is -2.18. The highest BCUT2D eigenvalue weighted by Gasteiger charge is 2.38. The van der Waals surface area contributed by atoms with E-state index in [-0.39, 0.29) is 11.1 Å². The highest BCUT2D eigenvalue weighted by molar-refractivity contribution is 5.99. The zero-order chi connectivity index (χ0) is 19.3. The highest BCUT2D eigenvalue weighted by Crippen LogP contribution is 2.38. The lowest BCUT2D eigenvalue weighted by molar-refractivity contribution is -0.0925. The first kappa shape index (κ1) is 18.6. The Kier molecular flexibility index (Phi) is 5.55. The summed E-state index contributed by atoms with van der Waals surface area (Å²) in [7, 11) is 0. The Hall–Kier alpha value is -3.14. The van der Waals surface area contributed by atoms with Crippen LogP contribution in [0.2, 0.25) is 0 Å². The van der Waals surface area contributed by atoms with Gasteiger partial charge in [0.25, 0.3) is 0 Å². The Bertz CT molecular complexity index is 886. The molecule has 0 aliphatic heterocycles. The van der Waals surface area contributed by atoms with Crippen LogP contribution >= 0.6 is 0 Å². The molecule has 0 amide bonds. The maximum atomic E-state index is 14.0. The molecule has 0 atom stereocenters. The smallest absolute Gasteiger partial charge is 0.294 e. The molecule has 0 aromatic heterocycles. The van der Waals surface area contributed by atoms with E-state index in [1.54, 1.807) is 78.9 Å². The minimum absolute atomic E-state index is 0.0352. The SMILES string of the molecule is O=C(CC(=C(c1ccccc1)c1ccccc1)C(F)(F)F)c1ccccc1. The number of hydrogen-bond acceptors (Lipinski definition) is 1. The van der Waals surface area contributed by atoms with Crippen LogP contribution < -0.4 is 0 Å². The largest absolute Gasteiger partial charge is 0.413 e. The van der Waals surface area contributed by atoms with Gasteiger partial charge in [0.2, 0.25) is 0 Å². The number of alkyl halides is 3. The second kappa shape index (κ2) is 8.04. The lowest BCUT2D eigenvalue weighted by atomic mass is 9.89. The predicted molar refractivity (Wildman–Crippen MR) is 100 cm³/mol. The minimum atomic E-state index is -4.63. The summed E-state index contributed by atoms with van der Waals surface area (Å²) in [5, 5.41) is 0. The molecule has 3 aromatic carbocycles. The van der Waals surface area contributed by atoms with Crippen molar-refractivity contribution in [2.24, 2.45) is 0 Å². The Morgan fingerprint density at radius 3 is 1.37 bits per heavy atom. The average molecular weight is 366 g/mol. The van der Waals surface area contributed by atoms with Crippen LogP contribution in [0.4, 0.5) is 13.2 Å². The topological polar surface area (TPSA) is 17.1 Å². The molecular formula is C23H17F3O. The van der Waals surface area contributed by atoms with Gasteiger partial charge in [-0.3, -0.25) is 4.79 Å². The molecule has 4 heteroatoms. The van der Waals surface area contributed by atoms with Crippen LogP contribution in [-0.2, 0) is 0 Å². The van der Waals surface area contributed by atoms with E-state index in [2.05, 4.69) is 0 Å². The lowest BCUT2D eigenvalue weighted by Gasteiger charge is -2.19. The van der Waals surface area contributed by atoms with Gasteiger partial charge in [-0.25, -0.2) is 0 Å². The van der Waals surface area contributed by atoms with E-state index in [4.69, 9.17) is 0 Å². The van der Waals surface area contributed by atoms with E-state index < -0.39 is 24.0 Å². The van der Waals surface area contributed by atoms with Gasteiger partial charge in [-0.2, -0.15) is 13.2 Å². The quantitative estimate of drug-likeness (QED) is 0.483. The van der Waals surface area contributed by atoms with Gasteiger partial charge in [-0.15, -0.1) is 0 Å². The van der Waals surface area contributed by atoms with E-state index in [1.807, 2.05) is 0 Å². The van der Waals surface area contributed by atoms with Crippen molar-refractivity contribution in [3.8, 4) is 0 Å². The van der Waals surface area contributed by atoms with Gasteiger partial charge >= 0.3 is 6.18 Å². The number of benzene rings is 3. The molecular weight excluding hydrogens is 349 g/mol. The van der Waals surface area contributed by atoms with E-state index >= 15 is 0 Å². The molecule has 0 N–H and O–H groups in total. The molecule has 1 nitrogen and oxygen atoms in total. The summed E-state index contributed by atoms with van der Waals surface area (Å²) in [6.45, 7) is 0. The maximum absolute atomic E-state index is 14.0. The summed E-state index contributed by atoms with van der Waals surface area (Å²) in [6.07, 6.45) is -5.35. The van der Waals surface area contributed by atoms with Crippen LogP contribution in [0, 0.1) is 0 Å². The van der Waals surface area contributed by atoms with Gasteiger partial charge in [0.15, 0.2) is 5.78 Å². The maximum Gasteiger partial charge on any atom is 0.413 e. The summed E-state index contributed by atoms with van der Waals surface area (Å²) in [4.78, 5) is 12.5. The van der Waals surface area contributed by atoms with Gasteiger partial charge in [-0.1, -0.05) is 91.0 Å². The molecule has 0 saturated carbocycles. The Labute approximate surface area is 155 Å². The summed E-state index contributed by atoms with van der Waals surface area (Å²) >= 11 is 0. The first-order valence-electron chi connectivity index (χ1n) is 8.46. The third kappa shape index (κ3) is 4.53. The van der Waals surface area contributed by atoms with Crippen LogP contribution in [0.15, 0.2) is 96.6 Å². The molecule has 0 aliphatic carbocycles. The fourth-order valence-corrected chi connectivity index (χ4v) is 2.94. The molecule has 0 bridgehead atoms. The number of hydrogen-bond donors (Lipinski definition) is 0. The average Bonchev–Trinajstić information content (AvgIpc) is 2.69. The summed E-state index contributed by atoms with van der Waals surface area (Å²) in [5.74, 6) is -0.563. The minimum Gasteiger partial charge on any atom is -0.294 e. The van der Waals surface area contributed by atoms with Crippen LogP contribution in [0.25, 0.3) is 5.57 Å². The van der Waals surface area contributed by atoms with E-state index in [1.165, 1.54) is 12.1 Å². The first-order valence-corrected chi connectivity index (χ1v) is 8.46. The number of carbonyl (C=O) groups excluding carboxylic acids is 1. The van der Waals surface area contributed by atoms with Crippen molar-refractivity contribution < 1.29 is 18.0 Å². The molecule has 0 aliphatic rings. The number of rotatable bonds is 5. The molecule has 3 aromatic rings. The Balaban J connectivity index is 2.18. The Morgan fingerprint density at radius 1 is 0.630 bits per heavy atom. The van der Waals surface area contributed by atoms with Crippen molar-refractivity contribution >= 4 is 11.4 Å². The van der Waals surface area contributed by atoms with E-state index in [0.29, 0.717) is 11.1 Å². The zero-order valence-electron chi connectivity index (χ0n) is 14.4.